The maximum atomic E-state index is 12.5. The molecule has 2 rings (SSSR count). The maximum absolute atomic E-state index is 12.5. The number of carbonyl (C=O) groups is 1. The molecule has 0 radical (unpaired) electrons. The molecule has 1 heterocycles. The van der Waals surface area contributed by atoms with E-state index in [0.717, 1.165) is 11.3 Å². The van der Waals surface area contributed by atoms with Gasteiger partial charge in [0.15, 0.2) is 5.13 Å². The van der Waals surface area contributed by atoms with Gasteiger partial charge in [-0.1, -0.05) is 30.1 Å². The Kier molecular flexibility index (Phi) is 5.74. The van der Waals surface area contributed by atoms with Gasteiger partial charge in [-0.3, -0.25) is 9.52 Å². The molecule has 0 amide bonds. The maximum Gasteiger partial charge on any atom is 0.311 e. The van der Waals surface area contributed by atoms with Gasteiger partial charge in [0.2, 0.25) is 0 Å². The average Bonchev–Trinajstić information content (AvgIpc) is 2.84. The van der Waals surface area contributed by atoms with Gasteiger partial charge in [0.05, 0.1) is 10.9 Å². The van der Waals surface area contributed by atoms with Crippen molar-refractivity contribution in [1.29, 1.82) is 0 Å². The minimum absolute atomic E-state index is 0.00116. The van der Waals surface area contributed by atoms with Gasteiger partial charge >= 0.3 is 5.97 Å². The molecule has 2 N–H and O–H groups in total. The van der Waals surface area contributed by atoms with Gasteiger partial charge in [-0.2, -0.15) is 0 Å². The van der Waals surface area contributed by atoms with Crippen molar-refractivity contribution in [3.63, 3.8) is 0 Å². The van der Waals surface area contributed by atoms with Crippen molar-refractivity contribution < 1.29 is 18.3 Å². The summed E-state index contributed by atoms with van der Waals surface area (Å²) in [5.74, 6) is -1.70. The number of carboxylic acids is 1. The summed E-state index contributed by atoms with van der Waals surface area (Å²) < 4.78 is 27.4. The van der Waals surface area contributed by atoms with E-state index in [1.54, 1.807) is 13.8 Å². The largest absolute Gasteiger partial charge is 0.481 e. The topological polar surface area (TPSA) is 96.4 Å². The summed E-state index contributed by atoms with van der Waals surface area (Å²) in [5.41, 5.74) is 0.397. The Labute approximate surface area is 153 Å². The summed E-state index contributed by atoms with van der Waals surface area (Å²) in [4.78, 5) is 15.5. The fourth-order valence-corrected chi connectivity index (χ4v) is 5.61. The van der Waals surface area contributed by atoms with Gasteiger partial charge in [0, 0.05) is 16.1 Å². The Balaban J connectivity index is 2.35. The molecule has 0 bridgehead atoms. The molecule has 24 heavy (non-hydrogen) atoms. The molecule has 1 aromatic heterocycles. The van der Waals surface area contributed by atoms with Crippen LogP contribution in [0.25, 0.3) is 0 Å². The Morgan fingerprint density at radius 2 is 2.08 bits per heavy atom. The molecule has 0 fully saturated rings. The highest BCUT2D eigenvalue weighted by Gasteiger charge is 2.25. The molecule has 6 nitrogen and oxygen atoms in total. The average molecular weight is 409 g/mol. The molecular weight excluding hydrogens is 395 g/mol. The van der Waals surface area contributed by atoms with Crippen LogP contribution in [0.2, 0.25) is 10.0 Å². The Hall–Kier alpha value is -1.35. The summed E-state index contributed by atoms with van der Waals surface area (Å²) in [7, 11) is -3.97. The van der Waals surface area contributed by atoms with Crippen LogP contribution in [0.15, 0.2) is 23.2 Å². The summed E-state index contributed by atoms with van der Waals surface area (Å²) in [6.07, 6.45) is 1.74. The number of nitrogens with one attached hydrogen (secondary N) is 1. The molecular formula is C14H14Cl2N2O4S2. The second-order valence-electron chi connectivity index (χ2n) is 5.01. The van der Waals surface area contributed by atoms with E-state index in [2.05, 4.69) is 9.71 Å². The quantitative estimate of drug-likeness (QED) is 0.748. The van der Waals surface area contributed by atoms with Gasteiger partial charge in [0.1, 0.15) is 4.90 Å². The molecule has 0 aliphatic carbocycles. The SMILES string of the molecule is CCC(C(=O)O)c1cnc(NS(=O)(=O)c2c(C)cc(Cl)cc2Cl)s1. The Bertz CT molecular complexity index is 858. The van der Waals surface area contributed by atoms with Crippen molar-refractivity contribution in [2.24, 2.45) is 0 Å². The van der Waals surface area contributed by atoms with Crippen molar-refractivity contribution in [3.8, 4) is 0 Å². The summed E-state index contributed by atoms with van der Waals surface area (Å²) in [5, 5.41) is 9.57. The van der Waals surface area contributed by atoms with Crippen molar-refractivity contribution in [3.05, 3.63) is 38.8 Å². The fourth-order valence-electron chi connectivity index (χ4n) is 2.19. The molecule has 0 aliphatic rings. The minimum atomic E-state index is -3.97. The van der Waals surface area contributed by atoms with E-state index >= 15 is 0 Å². The number of carboxylic acid groups (broad SMARTS) is 1. The number of anilines is 1. The zero-order valence-electron chi connectivity index (χ0n) is 12.7. The van der Waals surface area contributed by atoms with E-state index in [1.165, 1.54) is 18.3 Å². The van der Waals surface area contributed by atoms with Gasteiger partial charge in [-0.05, 0) is 31.0 Å². The third kappa shape index (κ3) is 4.00. The number of hydrogen-bond donors (Lipinski definition) is 2. The van der Waals surface area contributed by atoms with E-state index in [-0.39, 0.29) is 15.0 Å². The van der Waals surface area contributed by atoms with E-state index in [4.69, 9.17) is 28.3 Å². The second kappa shape index (κ2) is 7.26. The highest BCUT2D eigenvalue weighted by Crippen LogP contribution is 2.33. The van der Waals surface area contributed by atoms with Crippen LogP contribution >= 0.6 is 34.5 Å². The van der Waals surface area contributed by atoms with Crippen LogP contribution in [0.1, 0.15) is 29.7 Å². The summed E-state index contributed by atoms with van der Waals surface area (Å²) >= 11 is 12.8. The third-order valence-corrected chi connectivity index (χ3v) is 6.58. The molecule has 1 unspecified atom stereocenters. The molecule has 0 saturated carbocycles. The van der Waals surface area contributed by atoms with E-state index in [9.17, 15) is 13.2 Å². The number of aliphatic carboxylic acids is 1. The van der Waals surface area contributed by atoms with Gasteiger partial charge in [0.25, 0.3) is 10.0 Å². The monoisotopic (exact) mass is 408 g/mol. The number of hydrogen-bond acceptors (Lipinski definition) is 5. The first-order chi connectivity index (χ1) is 11.2. The first-order valence-corrected chi connectivity index (χ1v) is 9.88. The number of aromatic nitrogens is 1. The lowest BCUT2D eigenvalue weighted by molar-refractivity contribution is -0.138. The standard InChI is InChI=1S/C14H14Cl2N2O4S2/c1-3-9(13(19)20)11-6-17-14(23-11)18-24(21,22)12-7(2)4-8(15)5-10(12)16/h4-6,9H,3H2,1-2H3,(H,17,18)(H,19,20). The van der Waals surface area contributed by atoms with Crippen LogP contribution < -0.4 is 4.72 Å². The molecule has 2 aromatic rings. The van der Waals surface area contributed by atoms with Crippen molar-refractivity contribution >= 4 is 55.7 Å². The first kappa shape index (κ1) is 19.0. The van der Waals surface area contributed by atoms with Crippen LogP contribution in [0.4, 0.5) is 5.13 Å². The van der Waals surface area contributed by atoms with Crippen LogP contribution in [0.3, 0.4) is 0 Å². The van der Waals surface area contributed by atoms with Crippen molar-refractivity contribution in [1.82, 2.24) is 4.98 Å². The molecule has 0 spiro atoms. The number of thiazole rings is 1. The molecule has 0 saturated heterocycles. The van der Waals surface area contributed by atoms with Crippen LogP contribution in [0.5, 0.6) is 0 Å². The zero-order valence-corrected chi connectivity index (χ0v) is 15.9. The molecule has 1 atom stereocenters. The van der Waals surface area contributed by atoms with Crippen LogP contribution in [-0.4, -0.2) is 24.5 Å². The second-order valence-corrected chi connectivity index (χ2v) is 8.53. The molecule has 130 valence electrons. The molecule has 0 aliphatic heterocycles. The van der Waals surface area contributed by atoms with Gasteiger partial charge < -0.3 is 5.11 Å². The number of halogens is 2. The number of benzene rings is 1. The first-order valence-electron chi connectivity index (χ1n) is 6.82. The zero-order chi connectivity index (χ0) is 18.1. The smallest absolute Gasteiger partial charge is 0.311 e. The number of nitrogens with zero attached hydrogens (tertiary/aromatic N) is 1. The van der Waals surface area contributed by atoms with Gasteiger partial charge in [-0.15, -0.1) is 11.3 Å². The lowest BCUT2D eigenvalue weighted by Crippen LogP contribution is -2.14. The van der Waals surface area contributed by atoms with E-state index in [1.807, 2.05) is 0 Å². The molecule has 10 heteroatoms. The molecule has 1 aromatic carbocycles. The van der Waals surface area contributed by atoms with Crippen LogP contribution in [0, 0.1) is 6.92 Å². The highest BCUT2D eigenvalue weighted by atomic mass is 35.5. The van der Waals surface area contributed by atoms with Crippen molar-refractivity contribution in [2.75, 3.05) is 4.72 Å². The Morgan fingerprint density at radius 1 is 1.42 bits per heavy atom. The lowest BCUT2D eigenvalue weighted by atomic mass is 10.1. The summed E-state index contributed by atoms with van der Waals surface area (Å²) in [6, 6.07) is 2.84. The lowest BCUT2D eigenvalue weighted by Gasteiger charge is -2.10. The predicted octanol–water partition coefficient (Wildman–Crippen LogP) is 4.14. The normalized spacial score (nSPS) is 12.8. The number of rotatable bonds is 6. The van der Waals surface area contributed by atoms with Crippen molar-refractivity contribution in [2.45, 2.75) is 31.1 Å². The predicted molar refractivity (Wildman–Crippen MR) is 94.8 cm³/mol. The number of aryl methyl sites for hydroxylation is 1. The van der Waals surface area contributed by atoms with E-state index in [0.29, 0.717) is 21.9 Å². The Morgan fingerprint density at radius 3 is 2.62 bits per heavy atom. The minimum Gasteiger partial charge on any atom is -0.481 e. The van der Waals surface area contributed by atoms with Gasteiger partial charge in [-0.25, -0.2) is 13.4 Å². The fraction of sp³-hybridized carbons (Fsp3) is 0.286. The summed E-state index contributed by atoms with van der Waals surface area (Å²) in [6.45, 7) is 3.32. The highest BCUT2D eigenvalue weighted by molar-refractivity contribution is 7.93. The van der Waals surface area contributed by atoms with Crippen LogP contribution in [-0.2, 0) is 14.8 Å². The number of sulfonamides is 1. The van der Waals surface area contributed by atoms with E-state index < -0.39 is 21.9 Å². The third-order valence-electron chi connectivity index (χ3n) is 3.26.